The maximum Gasteiger partial charge on any atom is 0.331 e. The van der Waals surface area contributed by atoms with Gasteiger partial charge in [0.25, 0.3) is 0 Å². The van der Waals surface area contributed by atoms with Gasteiger partial charge in [0.2, 0.25) is 0 Å². The van der Waals surface area contributed by atoms with Crippen molar-refractivity contribution in [2.24, 2.45) is 28.6 Å². The first-order valence-electron chi connectivity index (χ1n) is 14.6. The number of rotatable bonds is 4. The Balaban J connectivity index is 1.19. The number of hydrogen-bond acceptors (Lipinski definition) is 10. The fourth-order valence-electron chi connectivity index (χ4n) is 9.85. The van der Waals surface area contributed by atoms with Crippen molar-refractivity contribution in [2.45, 2.75) is 120 Å². The van der Waals surface area contributed by atoms with Gasteiger partial charge >= 0.3 is 5.97 Å². The quantitative estimate of drug-likeness (QED) is 0.214. The van der Waals surface area contributed by atoms with Gasteiger partial charge in [-0.3, -0.25) is 0 Å². The molecular weight excluding hydrogens is 508 g/mol. The standard InChI is InChI=1S/C29H44O10/c1-26-7-3-16(38-25-24(34)23(33)22(32)20(13-30)39-25)12-28(26,35)9-5-19-18(26)4-8-27(2)17(6-10-29(19,27)36)15-11-21(31)37-14-15/h11,16-20,22-25,30,32-36H,3-10,12-14H2,1-2H3/t16-,17+,18?,19?,20?,22+,23?,24?,25+,26+,27+,28-,29-/m0/s1. The second kappa shape index (κ2) is 9.46. The van der Waals surface area contributed by atoms with Gasteiger partial charge in [0.1, 0.15) is 31.0 Å². The second-order valence-electron chi connectivity index (χ2n) is 13.7. The van der Waals surface area contributed by atoms with Crippen LogP contribution in [-0.4, -0.2) is 97.8 Å². The number of ether oxygens (including phenoxy) is 3. The summed E-state index contributed by atoms with van der Waals surface area (Å²) < 4.78 is 16.8. The van der Waals surface area contributed by atoms with E-state index in [0.717, 1.165) is 24.8 Å². The molecule has 5 unspecified atom stereocenters. The Hall–Kier alpha value is -1.11. The third kappa shape index (κ3) is 3.93. The van der Waals surface area contributed by atoms with E-state index >= 15 is 0 Å². The van der Waals surface area contributed by atoms with Gasteiger partial charge < -0.3 is 44.8 Å². The summed E-state index contributed by atoms with van der Waals surface area (Å²) >= 11 is 0. The van der Waals surface area contributed by atoms with Crippen molar-refractivity contribution >= 4 is 5.97 Å². The molecule has 10 nitrogen and oxygen atoms in total. The summed E-state index contributed by atoms with van der Waals surface area (Å²) in [5.41, 5.74) is -1.67. The Bertz CT molecular complexity index is 1020. The van der Waals surface area contributed by atoms with E-state index < -0.39 is 60.0 Å². The molecule has 6 rings (SSSR count). The van der Waals surface area contributed by atoms with Crippen LogP contribution in [0.1, 0.15) is 71.6 Å². The highest BCUT2D eigenvalue weighted by Gasteiger charge is 2.70. The molecule has 4 saturated carbocycles. The van der Waals surface area contributed by atoms with E-state index in [9.17, 15) is 35.4 Å². The van der Waals surface area contributed by atoms with Crippen molar-refractivity contribution in [2.75, 3.05) is 13.2 Å². The number of carbonyl (C=O) groups is 1. The van der Waals surface area contributed by atoms with E-state index in [4.69, 9.17) is 14.2 Å². The zero-order valence-corrected chi connectivity index (χ0v) is 22.9. The molecule has 0 spiro atoms. The molecule has 0 aromatic carbocycles. The maximum atomic E-state index is 12.4. The predicted molar refractivity (Wildman–Crippen MR) is 136 cm³/mol. The van der Waals surface area contributed by atoms with E-state index in [0.29, 0.717) is 45.1 Å². The van der Waals surface area contributed by atoms with Gasteiger partial charge in [-0.05, 0) is 80.1 Å². The molecule has 0 amide bonds. The third-order valence-corrected chi connectivity index (χ3v) is 12.3. The van der Waals surface area contributed by atoms with Crippen LogP contribution in [0.25, 0.3) is 0 Å². The Kier molecular flexibility index (Phi) is 6.80. The summed E-state index contributed by atoms with van der Waals surface area (Å²) in [6, 6.07) is 0. The molecule has 6 aliphatic rings. The van der Waals surface area contributed by atoms with Crippen molar-refractivity contribution in [3.05, 3.63) is 11.6 Å². The Morgan fingerprint density at radius 2 is 1.64 bits per heavy atom. The Labute approximate surface area is 229 Å². The number of hydrogen-bond donors (Lipinski definition) is 6. The number of esters is 1. The fourth-order valence-corrected chi connectivity index (χ4v) is 9.85. The summed E-state index contributed by atoms with van der Waals surface area (Å²) in [6.45, 7) is 4.12. The molecule has 0 bridgehead atoms. The van der Waals surface area contributed by atoms with Crippen LogP contribution >= 0.6 is 0 Å². The number of fused-ring (bicyclic) bond motifs is 5. The molecule has 0 aromatic rings. The minimum atomic E-state index is -1.51. The first-order chi connectivity index (χ1) is 18.4. The molecule has 6 N–H and O–H groups in total. The van der Waals surface area contributed by atoms with Crippen molar-refractivity contribution < 1.29 is 49.6 Å². The molecule has 5 fully saturated rings. The van der Waals surface area contributed by atoms with E-state index in [1.54, 1.807) is 6.08 Å². The van der Waals surface area contributed by atoms with Crippen LogP contribution in [-0.2, 0) is 19.0 Å². The van der Waals surface area contributed by atoms with Gasteiger partial charge in [-0.2, -0.15) is 0 Å². The average molecular weight is 553 g/mol. The summed E-state index contributed by atoms with van der Waals surface area (Å²) in [5, 5.41) is 64.7. The first-order valence-corrected chi connectivity index (χ1v) is 14.6. The Morgan fingerprint density at radius 3 is 2.33 bits per heavy atom. The molecule has 1 saturated heterocycles. The zero-order chi connectivity index (χ0) is 28.0. The van der Waals surface area contributed by atoms with E-state index in [2.05, 4.69) is 13.8 Å². The number of cyclic esters (lactones) is 1. The summed E-state index contributed by atoms with van der Waals surface area (Å²) in [6.07, 6.45) is 0.543. The molecule has 2 heterocycles. The first kappa shape index (κ1) is 28.0. The van der Waals surface area contributed by atoms with Crippen LogP contribution in [0.5, 0.6) is 0 Å². The van der Waals surface area contributed by atoms with Gasteiger partial charge in [-0.1, -0.05) is 13.8 Å². The van der Waals surface area contributed by atoms with Gasteiger partial charge in [0, 0.05) is 17.9 Å². The van der Waals surface area contributed by atoms with Crippen LogP contribution in [0, 0.1) is 28.6 Å². The van der Waals surface area contributed by atoms with Crippen LogP contribution in [0.3, 0.4) is 0 Å². The highest BCUT2D eigenvalue weighted by atomic mass is 16.7. The van der Waals surface area contributed by atoms with Gasteiger partial charge in [0.05, 0.1) is 23.9 Å². The molecule has 220 valence electrons. The average Bonchev–Trinajstić information content (AvgIpc) is 3.44. The molecule has 0 aromatic heterocycles. The minimum Gasteiger partial charge on any atom is -0.458 e. The molecule has 0 radical (unpaired) electrons. The molecule has 2 aliphatic heterocycles. The van der Waals surface area contributed by atoms with Gasteiger partial charge in [-0.15, -0.1) is 0 Å². The topological polar surface area (TPSA) is 166 Å². The SMILES string of the molecule is C[C@]12CC[C@H](O[C@@H]3OC(CO)[C@@H](O)C(O)C3O)C[C@@]1(O)CCC1C2CC[C@]2(C)[C@@H](C3=CC(=O)OC3)CC[C@]12O. The minimum absolute atomic E-state index is 0.0491. The highest BCUT2D eigenvalue weighted by Crippen LogP contribution is 2.70. The fraction of sp³-hybridized carbons (Fsp3) is 0.897. The lowest BCUT2D eigenvalue weighted by molar-refractivity contribution is -0.324. The lowest BCUT2D eigenvalue weighted by atomic mass is 9.42. The van der Waals surface area contributed by atoms with Crippen molar-refractivity contribution in [1.29, 1.82) is 0 Å². The number of aliphatic hydroxyl groups excluding tert-OH is 4. The summed E-state index contributed by atoms with van der Waals surface area (Å²) in [5.74, 6) is 0.00615. The summed E-state index contributed by atoms with van der Waals surface area (Å²) in [7, 11) is 0. The van der Waals surface area contributed by atoms with Crippen molar-refractivity contribution in [1.82, 2.24) is 0 Å². The molecule has 10 heteroatoms. The monoisotopic (exact) mass is 552 g/mol. The normalized spacial score (nSPS) is 55.3. The molecule has 13 atom stereocenters. The maximum absolute atomic E-state index is 12.4. The van der Waals surface area contributed by atoms with Gasteiger partial charge in [-0.25, -0.2) is 4.79 Å². The van der Waals surface area contributed by atoms with E-state index in [1.165, 1.54) is 0 Å². The van der Waals surface area contributed by atoms with Crippen LogP contribution < -0.4 is 0 Å². The smallest absolute Gasteiger partial charge is 0.331 e. The summed E-state index contributed by atoms with van der Waals surface area (Å²) in [4.78, 5) is 11.8. The third-order valence-electron chi connectivity index (χ3n) is 12.3. The highest BCUT2D eigenvalue weighted by molar-refractivity contribution is 5.85. The lowest BCUT2D eigenvalue weighted by Crippen LogP contribution is -2.67. The zero-order valence-electron chi connectivity index (χ0n) is 22.9. The number of aliphatic hydroxyl groups is 6. The predicted octanol–water partition coefficient (Wildman–Crippen LogP) is 0.543. The van der Waals surface area contributed by atoms with Crippen molar-refractivity contribution in [3.8, 4) is 0 Å². The molecular formula is C29H44O10. The van der Waals surface area contributed by atoms with Gasteiger partial charge in [0.15, 0.2) is 6.29 Å². The molecule has 39 heavy (non-hydrogen) atoms. The lowest BCUT2D eigenvalue weighted by Gasteiger charge is -2.66. The largest absolute Gasteiger partial charge is 0.458 e. The van der Waals surface area contributed by atoms with Crippen LogP contribution in [0.15, 0.2) is 11.6 Å². The number of carbonyl (C=O) groups excluding carboxylic acids is 1. The van der Waals surface area contributed by atoms with Crippen molar-refractivity contribution in [3.63, 3.8) is 0 Å². The second-order valence-corrected chi connectivity index (χ2v) is 13.7. The van der Waals surface area contributed by atoms with E-state index in [1.807, 2.05) is 0 Å². The Morgan fingerprint density at radius 1 is 0.923 bits per heavy atom. The molecule has 4 aliphatic carbocycles. The van der Waals surface area contributed by atoms with Crippen LogP contribution in [0.2, 0.25) is 0 Å². The van der Waals surface area contributed by atoms with Crippen LogP contribution in [0.4, 0.5) is 0 Å². The van der Waals surface area contributed by atoms with E-state index in [-0.39, 0.29) is 29.1 Å².